The Morgan fingerprint density at radius 3 is 2.24 bits per heavy atom. The Bertz CT molecular complexity index is 258. The summed E-state index contributed by atoms with van der Waals surface area (Å²) in [5, 5.41) is 0. The summed E-state index contributed by atoms with van der Waals surface area (Å²) < 4.78 is 4.71. The van der Waals surface area contributed by atoms with E-state index in [1.165, 1.54) is 7.11 Å². The molecule has 0 aromatic carbocycles. The topological polar surface area (TPSA) is 32.8 Å². The largest absolute Gasteiger partial charge is 0.468 e. The van der Waals surface area contributed by atoms with Gasteiger partial charge >= 0.3 is 5.97 Å². The van der Waals surface area contributed by atoms with Crippen molar-refractivity contribution in [1.82, 2.24) is 9.80 Å². The standard InChI is InChI=1S/C12H23BrN2O2/c1-12(2,3)15-7-5-14(6-8-15)9-10(13)11(16)17-4/h10H,5-9H2,1-4H3. The first-order valence-corrected chi connectivity index (χ1v) is 6.95. The molecule has 100 valence electrons. The zero-order valence-electron chi connectivity index (χ0n) is 11.2. The summed E-state index contributed by atoms with van der Waals surface area (Å²) >= 11 is 3.36. The molecule has 0 radical (unpaired) electrons. The van der Waals surface area contributed by atoms with E-state index in [0.29, 0.717) is 0 Å². The van der Waals surface area contributed by atoms with Gasteiger partial charge in [-0.15, -0.1) is 0 Å². The van der Waals surface area contributed by atoms with Crippen LogP contribution >= 0.6 is 15.9 Å². The molecule has 0 aromatic heterocycles. The normalized spacial score (nSPS) is 21.2. The molecule has 17 heavy (non-hydrogen) atoms. The zero-order chi connectivity index (χ0) is 13.1. The third-order valence-electron chi connectivity index (χ3n) is 3.20. The number of methoxy groups -OCH3 is 1. The van der Waals surface area contributed by atoms with E-state index in [1.54, 1.807) is 0 Å². The first-order chi connectivity index (χ1) is 7.84. The molecule has 1 rings (SSSR count). The number of nitrogens with zero attached hydrogens (tertiary/aromatic N) is 2. The van der Waals surface area contributed by atoms with E-state index >= 15 is 0 Å². The third kappa shape index (κ3) is 4.56. The quantitative estimate of drug-likeness (QED) is 0.582. The van der Waals surface area contributed by atoms with Gasteiger partial charge in [0, 0.05) is 38.3 Å². The fraction of sp³-hybridized carbons (Fsp3) is 0.917. The summed E-state index contributed by atoms with van der Waals surface area (Å²) in [6, 6.07) is 0. The number of hydrogen-bond donors (Lipinski definition) is 0. The van der Waals surface area contributed by atoms with Crippen molar-refractivity contribution < 1.29 is 9.53 Å². The van der Waals surface area contributed by atoms with Crippen LogP contribution in [-0.4, -0.2) is 66.0 Å². The molecule has 4 nitrogen and oxygen atoms in total. The van der Waals surface area contributed by atoms with Crippen LogP contribution in [0, 0.1) is 0 Å². The Hall–Kier alpha value is -0.130. The average Bonchev–Trinajstić information content (AvgIpc) is 2.27. The summed E-state index contributed by atoms with van der Waals surface area (Å²) in [5.41, 5.74) is 0.238. The second kappa shape index (κ2) is 6.16. The van der Waals surface area contributed by atoms with E-state index in [4.69, 9.17) is 4.74 Å². The molecule has 0 amide bonds. The van der Waals surface area contributed by atoms with Crippen LogP contribution in [0.25, 0.3) is 0 Å². The number of piperazine rings is 1. The van der Waals surface area contributed by atoms with Crippen molar-refractivity contribution in [1.29, 1.82) is 0 Å². The van der Waals surface area contributed by atoms with E-state index in [0.717, 1.165) is 32.7 Å². The molecule has 1 atom stereocenters. The number of carbonyl (C=O) groups is 1. The van der Waals surface area contributed by atoms with Gasteiger partial charge in [-0.25, -0.2) is 0 Å². The molecule has 0 spiro atoms. The van der Waals surface area contributed by atoms with Crippen LogP contribution in [0.1, 0.15) is 20.8 Å². The summed E-state index contributed by atoms with van der Waals surface area (Å²) in [7, 11) is 1.42. The monoisotopic (exact) mass is 306 g/mol. The van der Waals surface area contributed by atoms with E-state index in [2.05, 4.69) is 46.5 Å². The number of carbonyl (C=O) groups excluding carboxylic acids is 1. The zero-order valence-corrected chi connectivity index (χ0v) is 12.8. The van der Waals surface area contributed by atoms with Gasteiger partial charge in [0.25, 0.3) is 0 Å². The third-order valence-corrected chi connectivity index (χ3v) is 3.86. The Balaban J connectivity index is 2.35. The van der Waals surface area contributed by atoms with Crippen LogP contribution in [0.5, 0.6) is 0 Å². The van der Waals surface area contributed by atoms with Crippen molar-refractivity contribution in [3.05, 3.63) is 0 Å². The molecule has 0 aliphatic carbocycles. The molecule has 1 unspecified atom stereocenters. The molecule has 1 aliphatic rings. The van der Waals surface area contributed by atoms with Crippen LogP contribution < -0.4 is 0 Å². The minimum absolute atomic E-state index is 0.191. The van der Waals surface area contributed by atoms with Gasteiger partial charge in [-0.1, -0.05) is 15.9 Å². The lowest BCUT2D eigenvalue weighted by Crippen LogP contribution is -2.54. The first kappa shape index (κ1) is 14.9. The van der Waals surface area contributed by atoms with Gasteiger partial charge in [0.1, 0.15) is 4.83 Å². The molecule has 0 saturated carbocycles. The number of hydrogen-bond acceptors (Lipinski definition) is 4. The number of alkyl halides is 1. The Labute approximate surface area is 112 Å². The fourth-order valence-electron chi connectivity index (χ4n) is 2.03. The minimum atomic E-state index is -0.214. The highest BCUT2D eigenvalue weighted by Crippen LogP contribution is 2.16. The molecule has 1 saturated heterocycles. The maximum atomic E-state index is 11.3. The van der Waals surface area contributed by atoms with Gasteiger partial charge in [-0.2, -0.15) is 0 Å². The number of ether oxygens (including phenoxy) is 1. The molecular formula is C12H23BrN2O2. The van der Waals surface area contributed by atoms with Crippen LogP contribution in [0.3, 0.4) is 0 Å². The second-order valence-corrected chi connectivity index (χ2v) is 6.55. The molecule has 0 aromatic rings. The van der Waals surface area contributed by atoms with Gasteiger partial charge in [0.2, 0.25) is 0 Å². The SMILES string of the molecule is COC(=O)C(Br)CN1CCN(C(C)(C)C)CC1. The number of rotatable bonds is 3. The van der Waals surface area contributed by atoms with Gasteiger partial charge in [-0.3, -0.25) is 14.6 Å². The van der Waals surface area contributed by atoms with Gasteiger partial charge in [-0.05, 0) is 20.8 Å². The van der Waals surface area contributed by atoms with Gasteiger partial charge < -0.3 is 4.74 Å². The fourth-order valence-corrected chi connectivity index (χ4v) is 2.63. The lowest BCUT2D eigenvalue weighted by Gasteiger charge is -2.42. The molecular weight excluding hydrogens is 284 g/mol. The summed E-state index contributed by atoms with van der Waals surface area (Å²) in [4.78, 5) is 15.9. The lowest BCUT2D eigenvalue weighted by molar-refractivity contribution is -0.140. The van der Waals surface area contributed by atoms with E-state index in [9.17, 15) is 4.79 Å². The predicted octanol–water partition coefficient (Wildman–Crippen LogP) is 1.34. The number of esters is 1. The summed E-state index contributed by atoms with van der Waals surface area (Å²) in [5.74, 6) is -0.191. The summed E-state index contributed by atoms with van der Waals surface area (Å²) in [6.45, 7) is 11.6. The highest BCUT2D eigenvalue weighted by Gasteiger charge is 2.27. The summed E-state index contributed by atoms with van der Waals surface area (Å²) in [6.07, 6.45) is 0. The molecule has 5 heteroatoms. The van der Waals surface area contributed by atoms with E-state index < -0.39 is 0 Å². The van der Waals surface area contributed by atoms with Crippen LogP contribution in [0.15, 0.2) is 0 Å². The molecule has 0 N–H and O–H groups in total. The maximum Gasteiger partial charge on any atom is 0.320 e. The second-order valence-electron chi connectivity index (χ2n) is 5.45. The van der Waals surface area contributed by atoms with Crippen molar-refractivity contribution in [2.45, 2.75) is 31.1 Å². The van der Waals surface area contributed by atoms with E-state index in [-0.39, 0.29) is 16.3 Å². The Morgan fingerprint density at radius 1 is 1.29 bits per heavy atom. The van der Waals surface area contributed by atoms with Crippen molar-refractivity contribution in [3.63, 3.8) is 0 Å². The van der Waals surface area contributed by atoms with Crippen molar-refractivity contribution >= 4 is 21.9 Å². The van der Waals surface area contributed by atoms with Crippen LogP contribution in [0.4, 0.5) is 0 Å². The molecule has 1 heterocycles. The van der Waals surface area contributed by atoms with Crippen molar-refractivity contribution in [3.8, 4) is 0 Å². The van der Waals surface area contributed by atoms with Gasteiger partial charge in [0.15, 0.2) is 0 Å². The molecule has 0 bridgehead atoms. The van der Waals surface area contributed by atoms with Gasteiger partial charge in [0.05, 0.1) is 7.11 Å². The highest BCUT2D eigenvalue weighted by atomic mass is 79.9. The van der Waals surface area contributed by atoms with E-state index in [1.807, 2.05) is 0 Å². The highest BCUT2D eigenvalue weighted by molar-refractivity contribution is 9.10. The Kier molecular flexibility index (Phi) is 5.41. The maximum absolute atomic E-state index is 11.3. The molecule has 1 aliphatic heterocycles. The minimum Gasteiger partial charge on any atom is -0.468 e. The molecule has 1 fully saturated rings. The average molecular weight is 307 g/mol. The smallest absolute Gasteiger partial charge is 0.320 e. The number of halogens is 1. The predicted molar refractivity (Wildman–Crippen MR) is 72.5 cm³/mol. The van der Waals surface area contributed by atoms with Crippen molar-refractivity contribution in [2.75, 3.05) is 39.8 Å². The Morgan fingerprint density at radius 2 is 1.82 bits per heavy atom. The first-order valence-electron chi connectivity index (χ1n) is 6.04. The lowest BCUT2D eigenvalue weighted by atomic mass is 10.0. The van der Waals surface area contributed by atoms with Crippen LogP contribution in [0.2, 0.25) is 0 Å². The van der Waals surface area contributed by atoms with Crippen LogP contribution in [-0.2, 0) is 9.53 Å². The van der Waals surface area contributed by atoms with Crippen molar-refractivity contribution in [2.24, 2.45) is 0 Å².